The number of sulfonamides is 1. The minimum absolute atomic E-state index is 0.251. The van der Waals surface area contributed by atoms with Crippen LogP contribution in [0.1, 0.15) is 40.6 Å². The summed E-state index contributed by atoms with van der Waals surface area (Å²) in [5.74, 6) is -1.14. The van der Waals surface area contributed by atoms with E-state index in [0.29, 0.717) is 42.9 Å². The molecule has 2 aliphatic rings. The van der Waals surface area contributed by atoms with Crippen molar-refractivity contribution < 1.29 is 32.3 Å². The molecule has 3 heterocycles. The summed E-state index contributed by atoms with van der Waals surface area (Å²) in [4.78, 5) is 39.7. The zero-order valence-corrected chi connectivity index (χ0v) is 19.4. The molecule has 0 saturated carbocycles. The molecule has 1 aromatic rings. The topological polar surface area (TPSA) is 122 Å². The number of carbonyl (C=O) groups is 3. The van der Waals surface area contributed by atoms with Crippen molar-refractivity contribution in [2.24, 2.45) is 5.92 Å². The number of anilines is 1. The lowest BCUT2D eigenvalue weighted by molar-refractivity contribution is -0.120. The molecule has 0 radical (unpaired) electrons. The Bertz CT molecular complexity index is 965. The number of carbonyl (C=O) groups excluding carboxylic acids is 3. The summed E-state index contributed by atoms with van der Waals surface area (Å²) >= 11 is 1.25. The van der Waals surface area contributed by atoms with E-state index in [1.54, 1.807) is 11.8 Å². The molecule has 0 bridgehead atoms. The first kappa shape index (κ1) is 23.5. The van der Waals surface area contributed by atoms with Gasteiger partial charge in [0.05, 0.1) is 32.1 Å². The van der Waals surface area contributed by atoms with Gasteiger partial charge in [-0.3, -0.25) is 4.79 Å². The van der Waals surface area contributed by atoms with Crippen LogP contribution >= 0.6 is 11.3 Å². The van der Waals surface area contributed by atoms with Crippen LogP contribution in [-0.4, -0.2) is 75.2 Å². The van der Waals surface area contributed by atoms with Gasteiger partial charge in [0.15, 0.2) is 0 Å². The fourth-order valence-electron chi connectivity index (χ4n) is 3.84. The monoisotopic (exact) mass is 473 g/mol. The Kier molecular flexibility index (Phi) is 7.22. The molecule has 2 aliphatic heterocycles. The lowest BCUT2D eigenvalue weighted by Crippen LogP contribution is -2.40. The van der Waals surface area contributed by atoms with Crippen LogP contribution in [-0.2, 0) is 37.3 Å². The first-order valence-electron chi connectivity index (χ1n) is 10.1. The molecular formula is C19H27N3O7S2. The third-order valence-electron chi connectivity index (χ3n) is 5.50. The highest BCUT2D eigenvalue weighted by molar-refractivity contribution is 7.88. The van der Waals surface area contributed by atoms with E-state index in [9.17, 15) is 22.8 Å². The number of hydrogen-bond donors (Lipinski definition) is 1. The molecule has 0 unspecified atom stereocenters. The molecule has 31 heavy (non-hydrogen) atoms. The zero-order valence-electron chi connectivity index (χ0n) is 17.8. The lowest BCUT2D eigenvalue weighted by atomic mass is 9.97. The standard InChI is InChI=1S/C19H27N3O7S2/c1-4-29-19(25)21-8-7-13-14(11-21)30-17(15(13)18(24)28-2)20-16(23)12-5-9-22(10-6-12)31(3,26)27/h12H,4-11H2,1-3H3,(H,20,23). The fourth-order valence-corrected chi connectivity index (χ4v) is 5.97. The number of esters is 1. The number of amides is 2. The van der Waals surface area contributed by atoms with Crippen LogP contribution in [0.25, 0.3) is 0 Å². The van der Waals surface area contributed by atoms with Crippen LogP contribution < -0.4 is 5.32 Å². The van der Waals surface area contributed by atoms with Gasteiger partial charge in [-0.1, -0.05) is 0 Å². The largest absolute Gasteiger partial charge is 0.465 e. The first-order valence-corrected chi connectivity index (χ1v) is 12.7. The molecule has 0 aliphatic carbocycles. The molecule has 172 valence electrons. The predicted molar refractivity (Wildman–Crippen MR) is 115 cm³/mol. The van der Waals surface area contributed by atoms with Crippen LogP contribution in [0.15, 0.2) is 0 Å². The number of nitrogens with one attached hydrogen (secondary N) is 1. The van der Waals surface area contributed by atoms with Crippen molar-refractivity contribution in [3.05, 3.63) is 16.0 Å². The SMILES string of the molecule is CCOC(=O)N1CCc2c(sc(NC(=O)C3CCN(S(C)(=O)=O)CC3)c2C(=O)OC)C1. The Morgan fingerprint density at radius 1 is 1.19 bits per heavy atom. The Hall–Kier alpha value is -2.18. The number of ether oxygens (including phenoxy) is 2. The zero-order chi connectivity index (χ0) is 22.8. The third kappa shape index (κ3) is 5.18. The number of piperidine rings is 1. The van der Waals surface area contributed by atoms with E-state index in [-0.39, 0.29) is 31.5 Å². The van der Waals surface area contributed by atoms with Crippen molar-refractivity contribution in [3.63, 3.8) is 0 Å². The first-order chi connectivity index (χ1) is 14.7. The molecule has 2 amide bonds. The maximum Gasteiger partial charge on any atom is 0.410 e. The van der Waals surface area contributed by atoms with Gasteiger partial charge in [-0.25, -0.2) is 22.3 Å². The van der Waals surface area contributed by atoms with Gasteiger partial charge < -0.3 is 19.7 Å². The van der Waals surface area contributed by atoms with Crippen LogP contribution in [0.4, 0.5) is 9.80 Å². The average molecular weight is 474 g/mol. The number of thiophene rings is 1. The van der Waals surface area contributed by atoms with E-state index in [4.69, 9.17) is 9.47 Å². The molecule has 1 fully saturated rings. The normalized spacial score (nSPS) is 17.7. The number of nitrogens with zero attached hydrogens (tertiary/aromatic N) is 2. The van der Waals surface area contributed by atoms with Crippen LogP contribution in [0.5, 0.6) is 0 Å². The van der Waals surface area contributed by atoms with Gasteiger partial charge in [0.25, 0.3) is 0 Å². The van der Waals surface area contributed by atoms with E-state index in [0.717, 1.165) is 16.7 Å². The summed E-state index contributed by atoms with van der Waals surface area (Å²) in [6.45, 7) is 3.29. The molecule has 10 nitrogen and oxygen atoms in total. The van der Waals surface area contributed by atoms with Crippen LogP contribution in [0.3, 0.4) is 0 Å². The second-order valence-corrected chi connectivity index (χ2v) is 10.6. The lowest BCUT2D eigenvalue weighted by Gasteiger charge is -2.29. The maximum absolute atomic E-state index is 12.8. The summed E-state index contributed by atoms with van der Waals surface area (Å²) in [6, 6.07) is 0. The van der Waals surface area contributed by atoms with Crippen molar-refractivity contribution in [1.29, 1.82) is 0 Å². The van der Waals surface area contributed by atoms with Gasteiger partial charge in [-0.2, -0.15) is 0 Å². The summed E-state index contributed by atoms with van der Waals surface area (Å²) in [7, 11) is -1.99. The average Bonchev–Trinajstić information content (AvgIpc) is 3.09. The molecule has 12 heteroatoms. The van der Waals surface area contributed by atoms with Gasteiger partial charge >= 0.3 is 12.1 Å². The Morgan fingerprint density at radius 2 is 1.87 bits per heavy atom. The van der Waals surface area contributed by atoms with Crippen molar-refractivity contribution in [3.8, 4) is 0 Å². The summed E-state index contributed by atoms with van der Waals surface area (Å²) in [5.41, 5.74) is 1.10. The maximum atomic E-state index is 12.8. The minimum Gasteiger partial charge on any atom is -0.465 e. The quantitative estimate of drug-likeness (QED) is 0.645. The van der Waals surface area contributed by atoms with Crippen molar-refractivity contribution in [2.75, 3.05) is 44.9 Å². The molecule has 1 N–H and O–H groups in total. The molecule has 0 atom stereocenters. The number of hydrogen-bond acceptors (Lipinski definition) is 8. The Morgan fingerprint density at radius 3 is 2.45 bits per heavy atom. The van der Waals surface area contributed by atoms with E-state index in [1.165, 1.54) is 22.8 Å². The highest BCUT2D eigenvalue weighted by atomic mass is 32.2. The number of rotatable bonds is 5. The van der Waals surface area contributed by atoms with E-state index < -0.39 is 22.1 Å². The van der Waals surface area contributed by atoms with Gasteiger partial charge in [0, 0.05) is 30.4 Å². The van der Waals surface area contributed by atoms with E-state index in [2.05, 4.69) is 5.32 Å². The molecule has 0 aromatic carbocycles. The van der Waals surface area contributed by atoms with Gasteiger partial charge in [-0.05, 0) is 31.7 Å². The minimum atomic E-state index is -3.27. The predicted octanol–water partition coefficient (Wildman–Crippen LogP) is 1.66. The van der Waals surface area contributed by atoms with Gasteiger partial charge in [0.2, 0.25) is 15.9 Å². The van der Waals surface area contributed by atoms with Crippen molar-refractivity contribution >= 4 is 44.3 Å². The highest BCUT2D eigenvalue weighted by Crippen LogP contribution is 2.38. The Labute approximate surface area is 185 Å². The smallest absolute Gasteiger partial charge is 0.410 e. The second kappa shape index (κ2) is 9.53. The van der Waals surface area contributed by atoms with Crippen LogP contribution in [0.2, 0.25) is 0 Å². The molecule has 3 rings (SSSR count). The highest BCUT2D eigenvalue weighted by Gasteiger charge is 2.33. The summed E-state index contributed by atoms with van der Waals surface area (Å²) < 4.78 is 34.7. The second-order valence-electron chi connectivity index (χ2n) is 7.50. The molecular weight excluding hydrogens is 446 g/mol. The summed E-state index contributed by atoms with van der Waals surface area (Å²) in [6.07, 6.45) is 2.02. The summed E-state index contributed by atoms with van der Waals surface area (Å²) in [5, 5.41) is 3.25. The molecule has 0 spiro atoms. The van der Waals surface area contributed by atoms with Gasteiger partial charge in [0.1, 0.15) is 5.00 Å². The van der Waals surface area contributed by atoms with E-state index in [1.807, 2.05) is 0 Å². The third-order valence-corrected chi connectivity index (χ3v) is 7.94. The van der Waals surface area contributed by atoms with E-state index >= 15 is 0 Å². The number of fused-ring (bicyclic) bond motifs is 1. The van der Waals surface area contributed by atoms with Crippen molar-refractivity contribution in [2.45, 2.75) is 32.7 Å². The van der Waals surface area contributed by atoms with Gasteiger partial charge in [-0.15, -0.1) is 11.3 Å². The number of methoxy groups -OCH3 is 1. The molecule has 1 saturated heterocycles. The Balaban J connectivity index is 1.76. The van der Waals surface area contributed by atoms with Crippen molar-refractivity contribution in [1.82, 2.24) is 9.21 Å². The van der Waals surface area contributed by atoms with Crippen LogP contribution in [0, 0.1) is 5.92 Å². The molecule has 1 aromatic heterocycles. The fraction of sp³-hybridized carbons (Fsp3) is 0.632.